The minimum atomic E-state index is -4.46. The van der Waals surface area contributed by atoms with Crippen molar-refractivity contribution in [3.05, 3.63) is 83.8 Å². The Labute approximate surface area is 159 Å². The second kappa shape index (κ2) is 8.21. The van der Waals surface area contributed by atoms with Crippen molar-refractivity contribution in [3.63, 3.8) is 0 Å². The van der Waals surface area contributed by atoms with Crippen LogP contribution in [0.2, 0.25) is 0 Å². The van der Waals surface area contributed by atoms with E-state index in [1.807, 2.05) is 6.92 Å². The Morgan fingerprint density at radius 2 is 1.71 bits per heavy atom. The fourth-order valence-electron chi connectivity index (χ4n) is 2.56. The number of oxime groups is 1. The van der Waals surface area contributed by atoms with Gasteiger partial charge in [0, 0.05) is 17.8 Å². The maximum Gasteiger partial charge on any atom is 0.417 e. The van der Waals surface area contributed by atoms with Crippen molar-refractivity contribution in [3.8, 4) is 17.0 Å². The summed E-state index contributed by atoms with van der Waals surface area (Å²) in [6, 6.07) is 15.6. The first kappa shape index (κ1) is 19.5. The average Bonchev–Trinajstić information content (AvgIpc) is 2.69. The third kappa shape index (κ3) is 4.54. The molecule has 0 aliphatic rings. The number of pyridine rings is 1. The van der Waals surface area contributed by atoms with Crippen LogP contribution in [0, 0.1) is 5.82 Å². The van der Waals surface area contributed by atoms with Crippen LogP contribution in [0.5, 0.6) is 5.88 Å². The molecule has 0 saturated carbocycles. The third-order valence-corrected chi connectivity index (χ3v) is 4.05. The number of hydrogen-bond donors (Lipinski definition) is 0. The number of halogens is 4. The molecule has 0 fully saturated rings. The summed E-state index contributed by atoms with van der Waals surface area (Å²) in [5.41, 5.74) is 1.71. The number of alkyl halides is 3. The Morgan fingerprint density at radius 3 is 2.29 bits per heavy atom. The lowest BCUT2D eigenvalue weighted by atomic mass is 10.0. The molecule has 1 aromatic heterocycles. The van der Waals surface area contributed by atoms with Crippen molar-refractivity contribution in [1.82, 2.24) is 4.98 Å². The molecule has 0 radical (unpaired) electrons. The van der Waals surface area contributed by atoms with Crippen LogP contribution in [0.15, 0.2) is 72.0 Å². The molecule has 3 nitrogen and oxygen atoms in total. The third-order valence-electron chi connectivity index (χ3n) is 4.05. The van der Waals surface area contributed by atoms with E-state index in [1.165, 1.54) is 6.07 Å². The fourth-order valence-corrected chi connectivity index (χ4v) is 2.56. The van der Waals surface area contributed by atoms with Gasteiger partial charge in [-0.05, 0) is 29.7 Å². The van der Waals surface area contributed by atoms with Crippen LogP contribution in [0.4, 0.5) is 17.6 Å². The molecule has 0 spiro atoms. The van der Waals surface area contributed by atoms with Gasteiger partial charge in [-0.1, -0.05) is 54.5 Å². The smallest absolute Gasteiger partial charge is 0.336 e. The van der Waals surface area contributed by atoms with E-state index in [-0.39, 0.29) is 11.7 Å². The molecule has 0 bridgehead atoms. The Kier molecular flexibility index (Phi) is 5.73. The van der Waals surface area contributed by atoms with Gasteiger partial charge in [0.25, 0.3) is 0 Å². The lowest BCUT2D eigenvalue weighted by Crippen LogP contribution is -2.06. The van der Waals surface area contributed by atoms with Gasteiger partial charge in [-0.2, -0.15) is 13.2 Å². The lowest BCUT2D eigenvalue weighted by molar-refractivity contribution is -0.137. The van der Waals surface area contributed by atoms with Crippen LogP contribution in [-0.4, -0.2) is 10.7 Å². The molecule has 0 saturated heterocycles. The molecule has 144 valence electrons. The number of nitrogens with zero attached hydrogens (tertiary/aromatic N) is 2. The molecule has 0 aliphatic heterocycles. The molecule has 3 aromatic rings. The van der Waals surface area contributed by atoms with Crippen LogP contribution >= 0.6 is 0 Å². The predicted molar refractivity (Wildman–Crippen MR) is 98.5 cm³/mol. The second-order valence-corrected chi connectivity index (χ2v) is 5.92. The van der Waals surface area contributed by atoms with Crippen molar-refractivity contribution < 1.29 is 22.4 Å². The second-order valence-electron chi connectivity index (χ2n) is 5.92. The maximum atomic E-state index is 13.9. The summed E-state index contributed by atoms with van der Waals surface area (Å²) in [6.45, 7) is 1.87. The Bertz CT molecular complexity index is 965. The van der Waals surface area contributed by atoms with Crippen molar-refractivity contribution >= 4 is 5.71 Å². The normalized spacial score (nSPS) is 12.1. The highest BCUT2D eigenvalue weighted by Gasteiger charge is 2.30. The highest BCUT2D eigenvalue weighted by atomic mass is 19.4. The molecule has 3 rings (SSSR count). The van der Waals surface area contributed by atoms with Crippen LogP contribution in [-0.2, 0) is 6.18 Å². The highest BCUT2D eigenvalue weighted by molar-refractivity contribution is 6.00. The van der Waals surface area contributed by atoms with E-state index in [4.69, 9.17) is 4.84 Å². The van der Waals surface area contributed by atoms with Gasteiger partial charge in [0.2, 0.25) is 5.88 Å². The number of hydrogen-bond acceptors (Lipinski definition) is 3. The molecule has 0 atom stereocenters. The highest BCUT2D eigenvalue weighted by Crippen LogP contribution is 2.29. The molecule has 0 aliphatic carbocycles. The van der Waals surface area contributed by atoms with Crippen molar-refractivity contribution in [2.45, 2.75) is 19.5 Å². The number of benzene rings is 2. The van der Waals surface area contributed by atoms with Gasteiger partial charge in [-0.3, -0.25) is 0 Å². The van der Waals surface area contributed by atoms with Gasteiger partial charge >= 0.3 is 6.18 Å². The molecule has 7 heteroatoms. The molecular formula is C21H16F4N2O. The van der Waals surface area contributed by atoms with Gasteiger partial charge in [0.05, 0.1) is 11.3 Å². The topological polar surface area (TPSA) is 34.5 Å². The zero-order valence-corrected chi connectivity index (χ0v) is 14.9. The monoisotopic (exact) mass is 388 g/mol. The number of rotatable bonds is 5. The summed E-state index contributed by atoms with van der Waals surface area (Å²) in [5.74, 6) is -0.349. The molecule has 0 amide bonds. The van der Waals surface area contributed by atoms with E-state index in [0.29, 0.717) is 23.9 Å². The van der Waals surface area contributed by atoms with Crippen LogP contribution < -0.4 is 4.84 Å². The molecule has 0 N–H and O–H groups in total. The summed E-state index contributed by atoms with van der Waals surface area (Å²) >= 11 is 0. The Balaban J connectivity index is 1.77. The molecule has 1 heterocycles. The summed E-state index contributed by atoms with van der Waals surface area (Å²) in [5, 5.41) is 3.99. The molecule has 0 unspecified atom stereocenters. The Hall–Kier alpha value is -3.22. The minimum Gasteiger partial charge on any atom is -0.336 e. The van der Waals surface area contributed by atoms with Gasteiger partial charge < -0.3 is 4.84 Å². The SMILES string of the molecule is CC/C(=N/Oc1ccc(C(F)(F)F)cn1)c1ccc(-c2ccccc2F)cc1. The Morgan fingerprint density at radius 1 is 1.00 bits per heavy atom. The molecular weight excluding hydrogens is 372 g/mol. The van der Waals surface area contributed by atoms with Gasteiger partial charge in [-0.25, -0.2) is 9.37 Å². The lowest BCUT2D eigenvalue weighted by Gasteiger charge is -2.08. The van der Waals surface area contributed by atoms with E-state index >= 15 is 0 Å². The van der Waals surface area contributed by atoms with E-state index < -0.39 is 11.7 Å². The standard InChI is InChI=1S/C21H16F4N2O/c1-2-19(27-28-20-12-11-16(13-26-20)21(23,24)25)15-9-7-14(8-10-15)17-5-3-4-6-18(17)22/h3-13H,2H2,1H3/b27-19-. The molecule has 28 heavy (non-hydrogen) atoms. The van der Waals surface area contributed by atoms with Crippen molar-refractivity contribution in [1.29, 1.82) is 0 Å². The van der Waals surface area contributed by atoms with Crippen LogP contribution in [0.3, 0.4) is 0 Å². The predicted octanol–water partition coefficient (Wildman–Crippen LogP) is 6.10. The zero-order valence-electron chi connectivity index (χ0n) is 14.9. The first-order valence-electron chi connectivity index (χ1n) is 8.51. The van der Waals surface area contributed by atoms with Gasteiger partial charge in [0.1, 0.15) is 5.82 Å². The summed E-state index contributed by atoms with van der Waals surface area (Å²) in [6.07, 6.45) is -3.23. The van der Waals surface area contributed by atoms with E-state index in [9.17, 15) is 17.6 Å². The van der Waals surface area contributed by atoms with Gasteiger partial charge in [-0.15, -0.1) is 0 Å². The van der Waals surface area contributed by atoms with Crippen molar-refractivity contribution in [2.24, 2.45) is 5.16 Å². The van der Waals surface area contributed by atoms with E-state index in [1.54, 1.807) is 42.5 Å². The first-order valence-corrected chi connectivity index (χ1v) is 8.51. The van der Waals surface area contributed by atoms with Crippen LogP contribution in [0.1, 0.15) is 24.5 Å². The zero-order chi connectivity index (χ0) is 20.1. The quantitative estimate of drug-likeness (QED) is 0.301. The van der Waals surface area contributed by atoms with E-state index in [0.717, 1.165) is 23.3 Å². The maximum absolute atomic E-state index is 13.9. The van der Waals surface area contributed by atoms with Crippen LogP contribution in [0.25, 0.3) is 11.1 Å². The number of aromatic nitrogens is 1. The molecule has 2 aromatic carbocycles. The summed E-state index contributed by atoms with van der Waals surface area (Å²) in [7, 11) is 0. The summed E-state index contributed by atoms with van der Waals surface area (Å²) in [4.78, 5) is 8.78. The average molecular weight is 388 g/mol. The van der Waals surface area contributed by atoms with Crippen molar-refractivity contribution in [2.75, 3.05) is 0 Å². The first-order chi connectivity index (χ1) is 13.4. The summed E-state index contributed by atoms with van der Waals surface area (Å²) < 4.78 is 51.6. The van der Waals surface area contributed by atoms with Gasteiger partial charge in [0.15, 0.2) is 0 Å². The van der Waals surface area contributed by atoms with E-state index in [2.05, 4.69) is 10.1 Å². The largest absolute Gasteiger partial charge is 0.417 e. The fraction of sp³-hybridized carbons (Fsp3) is 0.143. The minimum absolute atomic E-state index is 0.0399.